The van der Waals surface area contributed by atoms with Crippen molar-refractivity contribution in [2.24, 2.45) is 5.92 Å². The molecule has 0 aliphatic carbocycles. The maximum atomic E-state index is 9.27. The Labute approximate surface area is 139 Å². The van der Waals surface area contributed by atoms with Crippen LogP contribution in [0.25, 0.3) is 0 Å². The van der Waals surface area contributed by atoms with Crippen LogP contribution in [0.4, 0.5) is 5.82 Å². The summed E-state index contributed by atoms with van der Waals surface area (Å²) in [6, 6.07) is 6.01. The molecule has 0 atom stereocenters. The molecule has 6 heteroatoms. The Morgan fingerprint density at radius 1 is 1.17 bits per heavy atom. The number of hydrogen-bond donors (Lipinski definition) is 1. The first-order valence-electron chi connectivity index (χ1n) is 8.51. The topological polar surface area (TPSA) is 54.8 Å². The monoisotopic (exact) mass is 318 g/mol. The highest BCUT2D eigenvalue weighted by atomic mass is 16.7. The van der Waals surface area contributed by atoms with Crippen molar-refractivity contribution in [3.8, 4) is 0 Å². The predicted molar refractivity (Wildman–Crippen MR) is 92.0 cm³/mol. The molecule has 3 rings (SSSR count). The minimum atomic E-state index is -0.421. The number of anilines is 1. The smallest absolute Gasteiger partial charge is 0.398 e. The van der Waals surface area contributed by atoms with Crippen LogP contribution in [0.5, 0.6) is 0 Å². The summed E-state index contributed by atoms with van der Waals surface area (Å²) in [5.41, 5.74) is 0.120. The van der Waals surface area contributed by atoms with E-state index in [2.05, 4.69) is 32.6 Å². The number of rotatable bonds is 3. The fraction of sp³-hybridized carbons (Fsp3) is 0.706. The highest BCUT2D eigenvalue weighted by molar-refractivity contribution is 6.61. The van der Waals surface area contributed by atoms with Crippen molar-refractivity contribution in [2.45, 2.75) is 51.7 Å². The highest BCUT2D eigenvalue weighted by Crippen LogP contribution is 2.36. The molecule has 2 aliphatic heterocycles. The zero-order chi connectivity index (χ0) is 16.7. The van der Waals surface area contributed by atoms with Gasteiger partial charge in [-0.25, -0.2) is 4.98 Å². The van der Waals surface area contributed by atoms with Crippen LogP contribution in [0.1, 0.15) is 40.5 Å². The van der Waals surface area contributed by atoms with Gasteiger partial charge in [-0.2, -0.15) is 0 Å². The largest absolute Gasteiger partial charge is 0.514 e. The molecule has 0 spiro atoms. The van der Waals surface area contributed by atoms with E-state index in [0.717, 1.165) is 37.3 Å². The summed E-state index contributed by atoms with van der Waals surface area (Å²) in [7, 11) is -0.421. The number of hydrogen-bond acceptors (Lipinski definition) is 5. The first-order chi connectivity index (χ1) is 10.8. The fourth-order valence-corrected chi connectivity index (χ4v) is 3.06. The number of aliphatic hydroxyl groups excluding tert-OH is 1. The van der Waals surface area contributed by atoms with Gasteiger partial charge in [0.15, 0.2) is 0 Å². The molecule has 3 heterocycles. The van der Waals surface area contributed by atoms with Crippen LogP contribution in [-0.4, -0.2) is 48.1 Å². The molecule has 1 aromatic heterocycles. The third-order valence-electron chi connectivity index (χ3n) is 5.45. The summed E-state index contributed by atoms with van der Waals surface area (Å²) in [4.78, 5) is 7.05. The van der Waals surface area contributed by atoms with Gasteiger partial charge in [0.25, 0.3) is 0 Å². The van der Waals surface area contributed by atoms with Crippen molar-refractivity contribution in [3.05, 3.63) is 18.2 Å². The van der Waals surface area contributed by atoms with Crippen molar-refractivity contribution in [3.63, 3.8) is 0 Å². The van der Waals surface area contributed by atoms with Crippen molar-refractivity contribution in [1.29, 1.82) is 0 Å². The van der Waals surface area contributed by atoms with Crippen molar-refractivity contribution < 1.29 is 14.4 Å². The van der Waals surface area contributed by atoms with Crippen LogP contribution in [0.2, 0.25) is 0 Å². The summed E-state index contributed by atoms with van der Waals surface area (Å²) < 4.78 is 12.2. The van der Waals surface area contributed by atoms with E-state index < -0.39 is 7.12 Å². The van der Waals surface area contributed by atoms with E-state index in [4.69, 9.17) is 14.3 Å². The van der Waals surface area contributed by atoms with E-state index in [-0.39, 0.29) is 17.8 Å². The SMILES string of the molecule is CC1(C)OB(c2cccc(N3CCC(CO)CC3)n2)OC1(C)C. The van der Waals surface area contributed by atoms with E-state index in [0.29, 0.717) is 5.92 Å². The van der Waals surface area contributed by atoms with Gasteiger partial charge in [-0.3, -0.25) is 0 Å². The Kier molecular flexibility index (Phi) is 4.42. The van der Waals surface area contributed by atoms with Gasteiger partial charge < -0.3 is 19.3 Å². The van der Waals surface area contributed by atoms with Crippen molar-refractivity contribution in [2.75, 3.05) is 24.6 Å². The predicted octanol–water partition coefficient (Wildman–Crippen LogP) is 1.59. The van der Waals surface area contributed by atoms with Gasteiger partial charge in [0.2, 0.25) is 0 Å². The Bertz CT molecular complexity index is 541. The molecule has 1 aromatic rings. The first kappa shape index (κ1) is 16.7. The molecular weight excluding hydrogens is 291 g/mol. The number of pyridine rings is 1. The molecule has 23 heavy (non-hydrogen) atoms. The molecule has 0 radical (unpaired) electrons. The maximum absolute atomic E-state index is 9.27. The average molecular weight is 318 g/mol. The number of piperidine rings is 1. The van der Waals surface area contributed by atoms with Crippen LogP contribution >= 0.6 is 0 Å². The van der Waals surface area contributed by atoms with Crippen LogP contribution in [0.3, 0.4) is 0 Å². The normalized spacial score (nSPS) is 24.2. The fourth-order valence-electron chi connectivity index (χ4n) is 3.06. The molecule has 5 nitrogen and oxygen atoms in total. The molecule has 0 bridgehead atoms. The molecule has 0 amide bonds. The molecule has 126 valence electrons. The second kappa shape index (κ2) is 6.08. The molecule has 0 aromatic carbocycles. The lowest BCUT2D eigenvalue weighted by Crippen LogP contribution is -2.41. The third kappa shape index (κ3) is 3.25. The summed E-state index contributed by atoms with van der Waals surface area (Å²) in [5, 5.41) is 9.27. The standard InChI is InChI=1S/C17H27BN2O3/c1-16(2)17(3,4)23-18(22-16)14-6-5-7-15(19-14)20-10-8-13(12-21)9-11-20/h5-7,13,21H,8-12H2,1-4H3. The van der Waals surface area contributed by atoms with Crippen LogP contribution in [0, 0.1) is 5.92 Å². The lowest BCUT2D eigenvalue weighted by atomic mass is 9.84. The molecule has 0 unspecified atom stereocenters. The number of aromatic nitrogens is 1. The number of aliphatic hydroxyl groups is 1. The number of nitrogens with zero attached hydrogens (tertiary/aromatic N) is 2. The lowest BCUT2D eigenvalue weighted by Gasteiger charge is -2.32. The van der Waals surface area contributed by atoms with Gasteiger partial charge in [0, 0.05) is 19.7 Å². The first-order valence-corrected chi connectivity index (χ1v) is 8.51. The summed E-state index contributed by atoms with van der Waals surface area (Å²) >= 11 is 0. The molecule has 2 saturated heterocycles. The summed E-state index contributed by atoms with van der Waals surface area (Å²) in [6.45, 7) is 10.4. The second-order valence-corrected chi connectivity index (χ2v) is 7.62. The van der Waals surface area contributed by atoms with Crippen LogP contribution in [0.15, 0.2) is 18.2 Å². The van der Waals surface area contributed by atoms with E-state index in [1.165, 1.54) is 0 Å². The van der Waals surface area contributed by atoms with Gasteiger partial charge in [-0.15, -0.1) is 0 Å². The molecule has 2 aliphatic rings. The summed E-state index contributed by atoms with van der Waals surface area (Å²) in [5.74, 6) is 1.39. The molecule has 1 N–H and O–H groups in total. The van der Waals surface area contributed by atoms with Crippen molar-refractivity contribution >= 4 is 18.5 Å². The summed E-state index contributed by atoms with van der Waals surface area (Å²) in [6.07, 6.45) is 2.03. The van der Waals surface area contributed by atoms with E-state index >= 15 is 0 Å². The van der Waals surface area contributed by atoms with Crippen molar-refractivity contribution in [1.82, 2.24) is 4.98 Å². The van der Waals surface area contributed by atoms with Crippen LogP contribution < -0.4 is 10.5 Å². The van der Waals surface area contributed by atoms with Gasteiger partial charge in [0.1, 0.15) is 5.82 Å². The minimum absolute atomic E-state index is 0.287. The van der Waals surface area contributed by atoms with Gasteiger partial charge >= 0.3 is 7.12 Å². The maximum Gasteiger partial charge on any atom is 0.514 e. The van der Waals surface area contributed by atoms with Gasteiger partial charge in [-0.05, 0) is 58.6 Å². The second-order valence-electron chi connectivity index (χ2n) is 7.62. The van der Waals surface area contributed by atoms with Gasteiger partial charge in [-0.1, -0.05) is 6.07 Å². The Morgan fingerprint density at radius 2 is 1.78 bits per heavy atom. The Morgan fingerprint density at radius 3 is 2.35 bits per heavy atom. The highest BCUT2D eigenvalue weighted by Gasteiger charge is 2.52. The average Bonchev–Trinajstić information content (AvgIpc) is 2.76. The minimum Gasteiger partial charge on any atom is -0.398 e. The molecule has 2 fully saturated rings. The van der Waals surface area contributed by atoms with Gasteiger partial charge in [0.05, 0.1) is 16.8 Å². The Balaban J connectivity index is 1.74. The Hall–Kier alpha value is -1.11. The third-order valence-corrected chi connectivity index (χ3v) is 5.45. The lowest BCUT2D eigenvalue weighted by molar-refractivity contribution is 0.00578. The zero-order valence-electron chi connectivity index (χ0n) is 14.6. The van der Waals surface area contributed by atoms with Crippen LogP contribution in [-0.2, 0) is 9.31 Å². The van der Waals surface area contributed by atoms with E-state index in [9.17, 15) is 5.11 Å². The van der Waals surface area contributed by atoms with E-state index in [1.54, 1.807) is 0 Å². The molecular formula is C17H27BN2O3. The zero-order valence-corrected chi connectivity index (χ0v) is 14.6. The quantitative estimate of drug-likeness (QED) is 0.858. The molecule has 0 saturated carbocycles. The van der Waals surface area contributed by atoms with E-state index in [1.807, 2.05) is 18.2 Å².